The molecule has 12 nitrogen and oxygen atoms in total. The van der Waals surface area contributed by atoms with Gasteiger partial charge in [-0.25, -0.2) is 25.1 Å². The zero-order chi connectivity index (χ0) is 25.8. The highest BCUT2D eigenvalue weighted by Crippen LogP contribution is 2.42. The summed E-state index contributed by atoms with van der Waals surface area (Å²) in [6.07, 6.45) is 2.24. The number of aliphatic carboxylic acids is 1. The maximum Gasteiger partial charge on any atom is 0.323 e. The molecule has 0 spiro atoms. The standard InChI is InChI=1S/C22H29N8O4P/c1-14(10-30-12-27-18-19(24)25-11-26-20(18)30)34-13-35(33,29-22(3,4)21(31)32)28-15(2)17-7-5-16(9-23)6-8-17/h5-8,11-12,14-15H,10,13H2,1-4H3,(H,31,32)(H2,24,25,26)(H2,28,29,33)/t14-,15-,35-/m1/s1. The third-order valence-corrected chi connectivity index (χ3v) is 7.60. The van der Waals surface area contributed by atoms with E-state index < -0.39 is 31.1 Å². The number of nitrogens with one attached hydrogen (secondary N) is 2. The molecule has 35 heavy (non-hydrogen) atoms. The predicted molar refractivity (Wildman–Crippen MR) is 130 cm³/mol. The van der Waals surface area contributed by atoms with Crippen LogP contribution in [0.3, 0.4) is 0 Å². The molecule has 3 aromatic rings. The highest BCUT2D eigenvalue weighted by Gasteiger charge is 2.37. The lowest BCUT2D eigenvalue weighted by Gasteiger charge is -2.32. The molecule has 13 heteroatoms. The Morgan fingerprint density at radius 3 is 2.60 bits per heavy atom. The van der Waals surface area contributed by atoms with E-state index >= 15 is 0 Å². The third-order valence-electron chi connectivity index (χ3n) is 5.36. The fraction of sp³-hybridized carbons (Fsp3) is 0.409. The molecule has 2 aromatic heterocycles. The zero-order valence-corrected chi connectivity index (χ0v) is 20.9. The molecule has 0 unspecified atom stereocenters. The number of hydrogen-bond acceptors (Lipinski definition) is 8. The van der Waals surface area contributed by atoms with E-state index in [1.165, 1.54) is 20.2 Å². The number of carbonyl (C=O) groups is 1. The number of ether oxygens (including phenoxy) is 1. The highest BCUT2D eigenvalue weighted by atomic mass is 31.2. The van der Waals surface area contributed by atoms with Crippen molar-refractivity contribution >= 4 is 30.4 Å². The summed E-state index contributed by atoms with van der Waals surface area (Å²) in [7, 11) is -3.57. The summed E-state index contributed by atoms with van der Waals surface area (Å²) >= 11 is 0. The number of hydrogen-bond donors (Lipinski definition) is 4. The quantitative estimate of drug-likeness (QED) is 0.284. The van der Waals surface area contributed by atoms with Gasteiger partial charge in [0.2, 0.25) is 7.44 Å². The molecule has 0 fully saturated rings. The van der Waals surface area contributed by atoms with Crippen LogP contribution >= 0.6 is 7.44 Å². The lowest BCUT2D eigenvalue weighted by molar-refractivity contribution is -0.142. The van der Waals surface area contributed by atoms with Gasteiger partial charge in [-0.3, -0.25) is 9.36 Å². The first-order valence-corrected chi connectivity index (χ1v) is 12.8. The SMILES string of the molecule is C[C@H](Cn1cnc2c(N)ncnc21)OC[P@@](=O)(N[C@H](C)c1ccc(C#N)cc1)NC(C)(C)C(=O)O. The van der Waals surface area contributed by atoms with Crippen molar-refractivity contribution in [3.05, 3.63) is 48.0 Å². The summed E-state index contributed by atoms with van der Waals surface area (Å²) in [5, 5.41) is 24.4. The van der Waals surface area contributed by atoms with Crippen molar-refractivity contribution in [1.29, 1.82) is 5.26 Å². The number of fused-ring (bicyclic) bond motifs is 1. The second kappa shape index (κ2) is 10.5. The number of carboxylic acids is 1. The Hall–Kier alpha value is -3.36. The molecule has 0 aliphatic heterocycles. The number of carboxylic acid groups (broad SMARTS) is 1. The van der Waals surface area contributed by atoms with Gasteiger partial charge in [0.1, 0.15) is 23.7 Å². The fourth-order valence-corrected chi connectivity index (χ4v) is 5.87. The number of rotatable bonds is 11. The first-order chi connectivity index (χ1) is 16.4. The average molecular weight is 501 g/mol. The number of aromatic nitrogens is 4. The Bertz CT molecular complexity index is 1280. The zero-order valence-electron chi connectivity index (χ0n) is 20.0. The molecule has 3 atom stereocenters. The number of nitrogens with zero attached hydrogens (tertiary/aromatic N) is 5. The van der Waals surface area contributed by atoms with E-state index in [1.54, 1.807) is 49.0 Å². The first-order valence-electron chi connectivity index (χ1n) is 10.9. The molecule has 186 valence electrons. The fourth-order valence-electron chi connectivity index (χ4n) is 3.43. The number of nitrogens with two attached hydrogens (primary N) is 1. The van der Waals surface area contributed by atoms with E-state index in [0.717, 1.165) is 5.56 Å². The molecule has 0 saturated heterocycles. The van der Waals surface area contributed by atoms with Crippen LogP contribution in [0.1, 0.15) is 44.9 Å². The minimum Gasteiger partial charge on any atom is -0.480 e. The lowest BCUT2D eigenvalue weighted by Crippen LogP contribution is -2.47. The summed E-state index contributed by atoms with van der Waals surface area (Å²) in [6.45, 7) is 6.81. The lowest BCUT2D eigenvalue weighted by atomic mass is 10.1. The maximum atomic E-state index is 13.9. The first kappa shape index (κ1) is 26.2. The Labute approximate surface area is 203 Å². The molecule has 3 rings (SSSR count). The van der Waals surface area contributed by atoms with Gasteiger partial charge in [-0.2, -0.15) is 5.26 Å². The Balaban J connectivity index is 1.75. The van der Waals surface area contributed by atoms with Crippen molar-refractivity contribution in [2.75, 3.05) is 12.1 Å². The monoisotopic (exact) mass is 500 g/mol. The van der Waals surface area contributed by atoms with Crippen LogP contribution in [0.5, 0.6) is 0 Å². The van der Waals surface area contributed by atoms with Crippen LogP contribution < -0.4 is 15.9 Å². The second-order valence-electron chi connectivity index (χ2n) is 8.80. The van der Waals surface area contributed by atoms with E-state index in [9.17, 15) is 14.5 Å². The van der Waals surface area contributed by atoms with Crippen LogP contribution in [0.4, 0.5) is 5.82 Å². The van der Waals surface area contributed by atoms with Crippen molar-refractivity contribution < 1.29 is 19.2 Å². The van der Waals surface area contributed by atoms with Gasteiger partial charge in [0, 0.05) is 6.04 Å². The van der Waals surface area contributed by atoms with Gasteiger partial charge in [-0.1, -0.05) is 12.1 Å². The largest absolute Gasteiger partial charge is 0.480 e. The van der Waals surface area contributed by atoms with E-state index in [2.05, 4.69) is 31.2 Å². The van der Waals surface area contributed by atoms with E-state index in [0.29, 0.717) is 23.3 Å². The number of anilines is 1. The molecule has 0 radical (unpaired) electrons. The molecule has 0 bridgehead atoms. The molecular formula is C22H29N8O4P. The van der Waals surface area contributed by atoms with Crippen molar-refractivity contribution in [3.8, 4) is 6.07 Å². The van der Waals surface area contributed by atoms with Crippen molar-refractivity contribution in [2.24, 2.45) is 0 Å². The Kier molecular flexibility index (Phi) is 7.87. The number of nitriles is 1. The molecule has 0 amide bonds. The van der Waals surface area contributed by atoms with Crippen molar-refractivity contribution in [2.45, 2.75) is 51.9 Å². The van der Waals surface area contributed by atoms with Crippen LogP contribution in [-0.2, 0) is 20.6 Å². The van der Waals surface area contributed by atoms with Crippen LogP contribution in [0.2, 0.25) is 0 Å². The van der Waals surface area contributed by atoms with Gasteiger partial charge in [0.25, 0.3) is 0 Å². The summed E-state index contributed by atoms with van der Waals surface area (Å²) in [6, 6.07) is 8.48. The Morgan fingerprint density at radius 2 is 1.97 bits per heavy atom. The van der Waals surface area contributed by atoms with Gasteiger partial charge in [0.15, 0.2) is 11.5 Å². The minimum absolute atomic E-state index is 0.269. The molecular weight excluding hydrogens is 471 g/mol. The topological polar surface area (TPSA) is 181 Å². The van der Waals surface area contributed by atoms with E-state index in [4.69, 9.17) is 15.7 Å². The summed E-state index contributed by atoms with van der Waals surface area (Å²) in [5.41, 5.74) is 6.68. The normalized spacial score (nSPS) is 15.3. The molecule has 5 N–H and O–H groups in total. The van der Waals surface area contributed by atoms with Crippen LogP contribution in [0.25, 0.3) is 11.2 Å². The van der Waals surface area contributed by atoms with Gasteiger partial charge >= 0.3 is 5.97 Å². The minimum atomic E-state index is -3.57. The van der Waals surface area contributed by atoms with Gasteiger partial charge in [-0.15, -0.1) is 0 Å². The van der Waals surface area contributed by atoms with Crippen molar-refractivity contribution in [1.82, 2.24) is 29.7 Å². The van der Waals surface area contributed by atoms with E-state index in [-0.39, 0.29) is 12.2 Å². The van der Waals surface area contributed by atoms with Crippen molar-refractivity contribution in [3.63, 3.8) is 0 Å². The number of imidazole rings is 1. The number of nitrogen functional groups attached to an aromatic ring is 1. The van der Waals surface area contributed by atoms with Crippen LogP contribution in [-0.4, -0.2) is 48.6 Å². The molecule has 0 aliphatic rings. The molecule has 0 saturated carbocycles. The van der Waals surface area contributed by atoms with Crippen LogP contribution in [0, 0.1) is 11.3 Å². The second-order valence-corrected chi connectivity index (χ2v) is 11.0. The molecule has 1 aromatic carbocycles. The molecule has 2 heterocycles. The van der Waals surface area contributed by atoms with E-state index in [1.807, 2.05) is 0 Å². The average Bonchev–Trinajstić information content (AvgIpc) is 3.21. The number of benzene rings is 1. The maximum absolute atomic E-state index is 13.9. The van der Waals surface area contributed by atoms with Gasteiger partial charge < -0.3 is 20.1 Å². The molecule has 0 aliphatic carbocycles. The van der Waals surface area contributed by atoms with Crippen LogP contribution in [0.15, 0.2) is 36.9 Å². The summed E-state index contributed by atoms with van der Waals surface area (Å²) < 4.78 is 21.6. The summed E-state index contributed by atoms with van der Waals surface area (Å²) in [4.78, 5) is 24.1. The smallest absolute Gasteiger partial charge is 0.323 e. The highest BCUT2D eigenvalue weighted by molar-refractivity contribution is 7.59. The van der Waals surface area contributed by atoms with Gasteiger partial charge in [-0.05, 0) is 45.4 Å². The van der Waals surface area contributed by atoms with Gasteiger partial charge in [0.05, 0.1) is 30.6 Å². The third kappa shape index (κ3) is 6.41. The summed E-state index contributed by atoms with van der Waals surface area (Å²) in [5.74, 6) is -0.881. The predicted octanol–water partition coefficient (Wildman–Crippen LogP) is 2.64. The Morgan fingerprint density at radius 1 is 1.29 bits per heavy atom.